The summed E-state index contributed by atoms with van der Waals surface area (Å²) in [6.45, 7) is 12.6. The van der Waals surface area contributed by atoms with E-state index in [1.54, 1.807) is 6.07 Å². The molecule has 4 aromatic carbocycles. The van der Waals surface area contributed by atoms with Crippen LogP contribution in [-0.4, -0.2) is 56.7 Å². The second kappa shape index (κ2) is 17.6. The quantitative estimate of drug-likeness (QED) is 0.0841. The van der Waals surface area contributed by atoms with Crippen LogP contribution in [0.15, 0.2) is 104 Å². The largest absolute Gasteiger partial charge is 0.406 e. The van der Waals surface area contributed by atoms with E-state index >= 15 is 0 Å². The zero-order chi connectivity index (χ0) is 48.3. The van der Waals surface area contributed by atoms with E-state index in [1.165, 1.54) is 12.4 Å². The molecule has 0 aliphatic carbocycles. The van der Waals surface area contributed by atoms with Crippen LogP contribution in [0.3, 0.4) is 0 Å². The third kappa shape index (κ3) is 8.99. The molecule has 4 N–H and O–H groups in total. The van der Waals surface area contributed by atoms with Crippen LogP contribution in [-0.2, 0) is 26.2 Å². The van der Waals surface area contributed by atoms with Gasteiger partial charge in [-0.15, -0.1) is 10.2 Å². The molecule has 2 unspecified atom stereocenters. The highest BCUT2D eigenvalue weighted by Gasteiger charge is 2.29. The molecule has 0 saturated heterocycles. The number of aryl methyl sites for hydroxylation is 6. The zero-order valence-corrected chi connectivity index (χ0v) is 39.0. The molecule has 4 aromatic heterocycles. The number of carbonyl (C=O) groups excluding carboxylic acids is 2. The van der Waals surface area contributed by atoms with Crippen LogP contribution in [0.4, 0.5) is 36.4 Å². The van der Waals surface area contributed by atoms with Gasteiger partial charge in [0.05, 0.1) is 12.1 Å². The topological polar surface area (TPSA) is 154 Å². The maximum atomic E-state index is 13.1. The summed E-state index contributed by atoms with van der Waals surface area (Å²) in [5.41, 5.74) is 13.0. The van der Waals surface area contributed by atoms with E-state index in [1.807, 2.05) is 106 Å². The molecule has 17 heteroatoms. The molecule has 2 aliphatic heterocycles. The van der Waals surface area contributed by atoms with E-state index in [-0.39, 0.29) is 23.9 Å². The fourth-order valence-corrected chi connectivity index (χ4v) is 9.26. The van der Waals surface area contributed by atoms with Crippen LogP contribution in [0.2, 0.25) is 0 Å². The summed E-state index contributed by atoms with van der Waals surface area (Å²) in [5.74, 6) is 2.14. The van der Waals surface area contributed by atoms with Crippen molar-refractivity contribution in [3.63, 3.8) is 0 Å². The van der Waals surface area contributed by atoms with Crippen LogP contribution in [0, 0.1) is 20.8 Å². The molecule has 2 aliphatic rings. The first kappa shape index (κ1) is 44.9. The Kier molecular flexibility index (Phi) is 11.4. The van der Waals surface area contributed by atoms with Gasteiger partial charge in [-0.05, 0) is 140 Å². The van der Waals surface area contributed by atoms with E-state index in [9.17, 15) is 22.8 Å². The minimum absolute atomic E-state index is 0.0507. The third-order valence-corrected chi connectivity index (χ3v) is 13.0. The smallest absolute Gasteiger partial charge is 0.354 e. The Balaban J connectivity index is 0.844. The van der Waals surface area contributed by atoms with Crippen molar-refractivity contribution in [2.75, 3.05) is 10.6 Å². The highest BCUT2D eigenvalue weighted by Crippen LogP contribution is 2.35. The van der Waals surface area contributed by atoms with Gasteiger partial charge in [0.15, 0.2) is 11.6 Å². The van der Waals surface area contributed by atoms with E-state index in [0.717, 1.165) is 78.0 Å². The number of fused-ring (bicyclic) bond motifs is 2. The maximum Gasteiger partial charge on any atom is 0.406 e. The summed E-state index contributed by atoms with van der Waals surface area (Å²) in [5, 5.41) is 22.7. The first-order chi connectivity index (χ1) is 33.1. The zero-order valence-electron chi connectivity index (χ0n) is 39.0. The number of aromatic nitrogens is 8. The standard InChI is InChI=1S/C52H51F3N12O2/c1-7-66-50(58-44-24-40-32(5)56-48(68)42(40)22-30(44)3)60-46(62-66)35-11-9-34(10-12-35)37-15-19-64(26-37)17-8-18-67-51(59-45-25-41-33(6)57-49(69)43(41)23-31(45)4)61-47(63-67)36-13-14-39(29(2)21-36)38-16-20-65(27-38)28-52(53,54)55/h9-16,19-27,32-33H,7-8,17-18,28H2,1-6H3,(H,56,68)(H,57,69)(H,58,60,62)(H,59,61,63). The number of rotatable bonds is 14. The second-order valence-electron chi connectivity index (χ2n) is 18.0. The predicted octanol–water partition coefficient (Wildman–Crippen LogP) is 10.8. The summed E-state index contributed by atoms with van der Waals surface area (Å²) >= 11 is 0. The van der Waals surface area contributed by atoms with Gasteiger partial charge in [0, 0.05) is 78.1 Å². The van der Waals surface area contributed by atoms with Gasteiger partial charge in [-0.25, -0.2) is 9.36 Å². The number of alkyl halides is 3. The molecular weight excluding hydrogens is 882 g/mol. The molecule has 0 fully saturated rings. The lowest BCUT2D eigenvalue weighted by molar-refractivity contribution is -0.140. The average molecular weight is 933 g/mol. The number of carbonyl (C=O) groups is 2. The van der Waals surface area contributed by atoms with E-state index in [0.29, 0.717) is 59.9 Å². The molecule has 69 heavy (non-hydrogen) atoms. The van der Waals surface area contributed by atoms with Gasteiger partial charge in [0.25, 0.3) is 11.8 Å². The van der Waals surface area contributed by atoms with Gasteiger partial charge >= 0.3 is 6.18 Å². The number of hydrogen-bond donors (Lipinski definition) is 4. The number of amides is 2. The number of nitrogens with one attached hydrogen (secondary N) is 4. The average Bonchev–Trinajstić information content (AvgIpc) is 4.19. The van der Waals surface area contributed by atoms with Crippen LogP contribution in [0.5, 0.6) is 0 Å². The highest BCUT2D eigenvalue weighted by molar-refractivity contribution is 6.00. The molecule has 6 heterocycles. The molecule has 10 rings (SSSR count). The summed E-state index contributed by atoms with van der Waals surface area (Å²) in [7, 11) is 0. The van der Waals surface area contributed by atoms with Gasteiger partial charge in [-0.2, -0.15) is 23.1 Å². The lowest BCUT2D eigenvalue weighted by Crippen LogP contribution is -2.16. The van der Waals surface area contributed by atoms with Gasteiger partial charge in [0.2, 0.25) is 11.9 Å². The Morgan fingerprint density at radius 3 is 1.74 bits per heavy atom. The Hall–Kier alpha value is -7.95. The summed E-state index contributed by atoms with van der Waals surface area (Å²) in [6.07, 6.45) is 3.56. The van der Waals surface area contributed by atoms with Crippen molar-refractivity contribution in [1.82, 2.24) is 49.3 Å². The fraction of sp³-hybridized carbons (Fsp3) is 0.269. The third-order valence-electron chi connectivity index (χ3n) is 13.0. The van der Waals surface area contributed by atoms with Crippen molar-refractivity contribution in [3.05, 3.63) is 143 Å². The van der Waals surface area contributed by atoms with Crippen LogP contribution < -0.4 is 21.3 Å². The molecule has 352 valence electrons. The van der Waals surface area contributed by atoms with Gasteiger partial charge in [-0.3, -0.25) is 9.59 Å². The molecule has 0 saturated carbocycles. The van der Waals surface area contributed by atoms with Crippen LogP contribution in [0.1, 0.15) is 87.8 Å². The lowest BCUT2D eigenvalue weighted by Gasteiger charge is -2.13. The minimum atomic E-state index is -4.31. The second-order valence-corrected chi connectivity index (χ2v) is 18.0. The number of benzene rings is 4. The van der Waals surface area contributed by atoms with E-state index < -0.39 is 12.7 Å². The molecule has 2 amide bonds. The number of nitrogens with zero attached hydrogens (tertiary/aromatic N) is 8. The molecule has 0 spiro atoms. The van der Waals surface area contributed by atoms with E-state index in [2.05, 4.69) is 56.4 Å². The maximum absolute atomic E-state index is 13.1. The van der Waals surface area contributed by atoms with Crippen molar-refractivity contribution in [2.24, 2.45) is 0 Å². The summed E-state index contributed by atoms with van der Waals surface area (Å²) in [4.78, 5) is 34.8. The Morgan fingerprint density at radius 1 is 0.594 bits per heavy atom. The Labute approximate surface area is 396 Å². The van der Waals surface area contributed by atoms with Crippen molar-refractivity contribution in [1.29, 1.82) is 0 Å². The number of anilines is 4. The monoisotopic (exact) mass is 932 g/mol. The predicted molar refractivity (Wildman–Crippen MR) is 260 cm³/mol. The summed E-state index contributed by atoms with van der Waals surface area (Å²) in [6, 6.07) is 25.4. The van der Waals surface area contributed by atoms with Crippen molar-refractivity contribution < 1.29 is 22.8 Å². The Bertz CT molecular complexity index is 3290. The number of hydrogen-bond acceptors (Lipinski definition) is 8. The first-order valence-corrected chi connectivity index (χ1v) is 23.0. The summed E-state index contributed by atoms with van der Waals surface area (Å²) < 4.78 is 46.2. The SMILES string of the molecule is CCn1nc(-c2ccc(-c3ccn(CCCn4nc(-c5ccc(-c6ccn(CC(F)(F)F)c6)c(C)c5)nc4Nc4cc5c(cc4C)C(=O)NC5C)c3)cc2)nc1Nc1cc2c(cc1C)C(=O)NC2C. The van der Waals surface area contributed by atoms with Crippen molar-refractivity contribution in [3.8, 4) is 45.0 Å². The normalized spacial score (nSPS) is 15.3. The van der Waals surface area contributed by atoms with Gasteiger partial charge in [-0.1, -0.05) is 36.4 Å². The lowest BCUT2D eigenvalue weighted by atomic mass is 10.0. The van der Waals surface area contributed by atoms with Gasteiger partial charge < -0.3 is 30.4 Å². The van der Waals surface area contributed by atoms with Crippen molar-refractivity contribution in [2.45, 2.75) is 92.4 Å². The van der Waals surface area contributed by atoms with Gasteiger partial charge in [0.1, 0.15) is 6.54 Å². The molecule has 0 radical (unpaired) electrons. The fourth-order valence-electron chi connectivity index (χ4n) is 9.26. The highest BCUT2D eigenvalue weighted by atomic mass is 19.4. The molecule has 8 aromatic rings. The molecule has 14 nitrogen and oxygen atoms in total. The first-order valence-electron chi connectivity index (χ1n) is 23.0. The molecular formula is C52H51F3N12O2. The van der Waals surface area contributed by atoms with E-state index in [4.69, 9.17) is 20.2 Å². The van der Waals surface area contributed by atoms with Crippen molar-refractivity contribution >= 4 is 35.1 Å². The number of halogens is 3. The van der Waals surface area contributed by atoms with Crippen LogP contribution >= 0.6 is 0 Å². The minimum Gasteiger partial charge on any atom is -0.354 e. The molecule has 2 atom stereocenters. The Morgan fingerprint density at radius 2 is 1.13 bits per heavy atom. The van der Waals surface area contributed by atoms with Crippen LogP contribution in [0.25, 0.3) is 45.0 Å². The molecule has 0 bridgehead atoms.